The van der Waals surface area contributed by atoms with E-state index in [1.807, 2.05) is 12.1 Å². The molecule has 0 saturated heterocycles. The molecule has 3 atom stereocenters. The van der Waals surface area contributed by atoms with E-state index in [2.05, 4.69) is 6.92 Å². The average molecular weight is 315 g/mol. The molecule has 1 saturated carbocycles. The summed E-state index contributed by atoms with van der Waals surface area (Å²) in [4.78, 5) is 11.4. The largest absolute Gasteiger partial charge is 0.481 e. The van der Waals surface area contributed by atoms with Gasteiger partial charge >= 0.3 is 5.97 Å². The highest BCUT2D eigenvalue weighted by Gasteiger charge is 2.34. The number of carboxylic acids is 1. The van der Waals surface area contributed by atoms with Gasteiger partial charge in [0.2, 0.25) is 0 Å². The molecule has 1 aliphatic rings. The standard InChI is InChI=1S/C16H20Cl2O2/c1-2-10-6-7-13(16(19)20)12(8-10)9-11-4-3-5-14(17)15(11)18/h3-5,10,12-13H,2,6-9H2,1H3,(H,19,20). The van der Waals surface area contributed by atoms with Gasteiger partial charge in [0.05, 0.1) is 16.0 Å². The van der Waals surface area contributed by atoms with E-state index in [1.54, 1.807) is 6.07 Å². The van der Waals surface area contributed by atoms with Crippen molar-refractivity contribution in [1.82, 2.24) is 0 Å². The van der Waals surface area contributed by atoms with Gasteiger partial charge in [0.15, 0.2) is 0 Å². The molecule has 1 N–H and O–H groups in total. The van der Waals surface area contributed by atoms with Crippen molar-refractivity contribution < 1.29 is 9.90 Å². The van der Waals surface area contributed by atoms with E-state index >= 15 is 0 Å². The van der Waals surface area contributed by atoms with Crippen molar-refractivity contribution in [2.24, 2.45) is 17.8 Å². The predicted molar refractivity (Wildman–Crippen MR) is 82.4 cm³/mol. The first kappa shape index (κ1) is 15.7. The van der Waals surface area contributed by atoms with E-state index in [-0.39, 0.29) is 11.8 Å². The van der Waals surface area contributed by atoms with Crippen LogP contribution in [0.2, 0.25) is 10.0 Å². The van der Waals surface area contributed by atoms with Crippen LogP contribution in [0.15, 0.2) is 18.2 Å². The van der Waals surface area contributed by atoms with Crippen LogP contribution >= 0.6 is 23.2 Å². The second-order valence-electron chi connectivity index (χ2n) is 5.71. The molecule has 0 spiro atoms. The number of hydrogen-bond acceptors (Lipinski definition) is 1. The highest BCUT2D eigenvalue weighted by atomic mass is 35.5. The number of hydrogen-bond donors (Lipinski definition) is 1. The van der Waals surface area contributed by atoms with Crippen LogP contribution in [0.25, 0.3) is 0 Å². The fraction of sp³-hybridized carbons (Fsp3) is 0.562. The molecule has 1 fully saturated rings. The summed E-state index contributed by atoms with van der Waals surface area (Å²) < 4.78 is 0. The van der Waals surface area contributed by atoms with E-state index in [0.717, 1.165) is 31.2 Å². The van der Waals surface area contributed by atoms with Gasteiger partial charge in [-0.3, -0.25) is 4.79 Å². The summed E-state index contributed by atoms with van der Waals surface area (Å²) in [6, 6.07) is 5.58. The maximum Gasteiger partial charge on any atom is 0.306 e. The zero-order valence-electron chi connectivity index (χ0n) is 11.6. The van der Waals surface area contributed by atoms with Crippen molar-refractivity contribution in [3.05, 3.63) is 33.8 Å². The Morgan fingerprint density at radius 2 is 2.10 bits per heavy atom. The molecular weight excluding hydrogens is 295 g/mol. The summed E-state index contributed by atoms with van der Waals surface area (Å²) in [5.41, 5.74) is 0.965. The molecule has 0 amide bonds. The summed E-state index contributed by atoms with van der Waals surface area (Å²) in [6.07, 6.45) is 4.58. The quantitative estimate of drug-likeness (QED) is 0.843. The maximum absolute atomic E-state index is 11.4. The normalized spacial score (nSPS) is 26.4. The number of aliphatic carboxylic acids is 1. The number of benzene rings is 1. The van der Waals surface area contributed by atoms with Crippen LogP contribution in [0.5, 0.6) is 0 Å². The molecule has 4 heteroatoms. The first-order chi connectivity index (χ1) is 9.52. The average Bonchev–Trinajstić information content (AvgIpc) is 2.43. The van der Waals surface area contributed by atoms with Crippen molar-refractivity contribution in [3.63, 3.8) is 0 Å². The minimum absolute atomic E-state index is 0.155. The molecule has 1 aromatic carbocycles. The molecule has 20 heavy (non-hydrogen) atoms. The predicted octanol–water partition coefficient (Wildman–Crippen LogP) is 5.06. The number of carbonyl (C=O) groups is 1. The van der Waals surface area contributed by atoms with E-state index in [1.165, 1.54) is 0 Å². The minimum Gasteiger partial charge on any atom is -0.481 e. The summed E-state index contributed by atoms with van der Waals surface area (Å²) in [7, 11) is 0. The van der Waals surface area contributed by atoms with Gasteiger partial charge in [-0.2, -0.15) is 0 Å². The molecule has 0 aliphatic heterocycles. The van der Waals surface area contributed by atoms with Gasteiger partial charge < -0.3 is 5.11 Å². The fourth-order valence-corrected chi connectivity index (χ4v) is 3.67. The smallest absolute Gasteiger partial charge is 0.306 e. The molecule has 2 rings (SSSR count). The van der Waals surface area contributed by atoms with E-state index in [0.29, 0.717) is 22.4 Å². The van der Waals surface area contributed by atoms with Crippen LogP contribution < -0.4 is 0 Å². The SMILES string of the molecule is CCC1CCC(C(=O)O)C(Cc2cccc(Cl)c2Cl)C1. The van der Waals surface area contributed by atoms with Gasteiger partial charge in [-0.15, -0.1) is 0 Å². The van der Waals surface area contributed by atoms with E-state index in [4.69, 9.17) is 23.2 Å². The molecule has 0 radical (unpaired) electrons. The Morgan fingerprint density at radius 1 is 1.35 bits per heavy atom. The molecule has 1 aromatic rings. The van der Waals surface area contributed by atoms with Crippen molar-refractivity contribution in [2.75, 3.05) is 0 Å². The lowest BCUT2D eigenvalue weighted by Gasteiger charge is -2.34. The Hall–Kier alpha value is -0.730. The van der Waals surface area contributed by atoms with Crippen LogP contribution in [0.4, 0.5) is 0 Å². The third kappa shape index (κ3) is 3.48. The van der Waals surface area contributed by atoms with Crippen LogP contribution in [-0.2, 0) is 11.2 Å². The van der Waals surface area contributed by atoms with Gasteiger partial charge in [-0.05, 0) is 49.1 Å². The molecule has 2 nitrogen and oxygen atoms in total. The minimum atomic E-state index is -0.678. The van der Waals surface area contributed by atoms with Gasteiger partial charge in [0.25, 0.3) is 0 Å². The van der Waals surface area contributed by atoms with Crippen molar-refractivity contribution >= 4 is 29.2 Å². The Bertz CT molecular complexity index is 487. The van der Waals surface area contributed by atoms with Crippen LogP contribution in [0.3, 0.4) is 0 Å². The lowest BCUT2D eigenvalue weighted by atomic mass is 9.71. The molecule has 110 valence electrons. The highest BCUT2D eigenvalue weighted by molar-refractivity contribution is 6.42. The highest BCUT2D eigenvalue weighted by Crippen LogP contribution is 2.39. The fourth-order valence-electron chi connectivity index (χ4n) is 3.27. The van der Waals surface area contributed by atoms with Gasteiger partial charge in [-0.1, -0.05) is 48.7 Å². The van der Waals surface area contributed by atoms with Crippen LogP contribution in [-0.4, -0.2) is 11.1 Å². The first-order valence-electron chi connectivity index (χ1n) is 7.18. The number of rotatable bonds is 4. The van der Waals surface area contributed by atoms with Crippen molar-refractivity contribution in [2.45, 2.75) is 39.0 Å². The zero-order chi connectivity index (χ0) is 14.7. The van der Waals surface area contributed by atoms with Crippen LogP contribution in [0, 0.1) is 17.8 Å². The van der Waals surface area contributed by atoms with Gasteiger partial charge in [0, 0.05) is 0 Å². The summed E-state index contributed by atoms with van der Waals surface area (Å²) in [5.74, 6) is -0.147. The first-order valence-corrected chi connectivity index (χ1v) is 7.94. The molecule has 0 aromatic heterocycles. The molecule has 0 heterocycles. The van der Waals surface area contributed by atoms with Crippen LogP contribution in [0.1, 0.15) is 38.2 Å². The Balaban J connectivity index is 2.18. The van der Waals surface area contributed by atoms with E-state index < -0.39 is 5.97 Å². The number of halogens is 2. The van der Waals surface area contributed by atoms with Gasteiger partial charge in [-0.25, -0.2) is 0 Å². The lowest BCUT2D eigenvalue weighted by Crippen LogP contribution is -2.32. The van der Waals surface area contributed by atoms with Crippen molar-refractivity contribution in [1.29, 1.82) is 0 Å². The Labute approximate surface area is 130 Å². The third-order valence-corrected chi connectivity index (χ3v) is 5.36. The second kappa shape index (κ2) is 6.82. The lowest BCUT2D eigenvalue weighted by molar-refractivity contribution is -0.145. The summed E-state index contributed by atoms with van der Waals surface area (Å²) >= 11 is 12.3. The molecule has 3 unspecified atom stereocenters. The zero-order valence-corrected chi connectivity index (χ0v) is 13.1. The van der Waals surface area contributed by atoms with E-state index in [9.17, 15) is 9.90 Å². The Morgan fingerprint density at radius 3 is 2.75 bits per heavy atom. The summed E-state index contributed by atoms with van der Waals surface area (Å²) in [6.45, 7) is 2.18. The third-order valence-electron chi connectivity index (χ3n) is 4.50. The van der Waals surface area contributed by atoms with Crippen molar-refractivity contribution in [3.8, 4) is 0 Å². The monoisotopic (exact) mass is 314 g/mol. The molecule has 0 bridgehead atoms. The topological polar surface area (TPSA) is 37.3 Å². The second-order valence-corrected chi connectivity index (χ2v) is 6.49. The number of carboxylic acid groups (broad SMARTS) is 1. The molecular formula is C16H20Cl2O2. The maximum atomic E-state index is 11.4. The summed E-state index contributed by atoms with van der Waals surface area (Å²) in [5, 5.41) is 10.5. The molecule has 1 aliphatic carbocycles. The van der Waals surface area contributed by atoms with Gasteiger partial charge in [0.1, 0.15) is 0 Å². The Kier molecular flexibility index (Phi) is 5.34.